The molecular weight excluding hydrogens is 304 g/mol. The van der Waals surface area contributed by atoms with Crippen molar-refractivity contribution in [3.8, 4) is 0 Å². The van der Waals surface area contributed by atoms with Crippen LogP contribution in [-0.2, 0) is 20.8 Å². The van der Waals surface area contributed by atoms with E-state index in [0.29, 0.717) is 10.8 Å². The Morgan fingerprint density at radius 2 is 2.25 bits per heavy atom. The Bertz CT molecular complexity index is 598. The van der Waals surface area contributed by atoms with Crippen LogP contribution in [0.15, 0.2) is 10.4 Å². The van der Waals surface area contributed by atoms with Crippen molar-refractivity contribution < 1.29 is 19.5 Å². The van der Waals surface area contributed by atoms with Crippen LogP contribution in [-0.4, -0.2) is 38.3 Å². The van der Waals surface area contributed by atoms with Crippen LogP contribution in [0.25, 0.3) is 0 Å². The van der Waals surface area contributed by atoms with Crippen molar-refractivity contribution in [2.45, 2.75) is 18.1 Å². The predicted octanol–water partition coefficient (Wildman–Crippen LogP) is 0.0555. The second kappa shape index (κ2) is 6.01. The van der Waals surface area contributed by atoms with E-state index in [0.717, 1.165) is 23.1 Å². The van der Waals surface area contributed by atoms with E-state index in [9.17, 15) is 14.4 Å². The fourth-order valence-electron chi connectivity index (χ4n) is 1.47. The van der Waals surface area contributed by atoms with Gasteiger partial charge in [-0.25, -0.2) is 4.98 Å². The molecule has 4 N–H and O–H groups in total. The Kier molecular flexibility index (Phi) is 4.35. The predicted molar refractivity (Wildman–Crippen MR) is 74.7 cm³/mol. The monoisotopic (exact) mass is 314 g/mol. The molecule has 10 heteroatoms. The summed E-state index contributed by atoms with van der Waals surface area (Å²) >= 11 is 2.18. The molecule has 0 aliphatic carbocycles. The first-order chi connectivity index (χ1) is 9.44. The lowest BCUT2D eigenvalue weighted by molar-refractivity contribution is -0.136. The Hall–Kier alpha value is -1.94. The maximum atomic E-state index is 11.7. The average molecular weight is 314 g/mol. The first kappa shape index (κ1) is 14.5. The molecule has 0 radical (unpaired) electrons. The molecule has 2 amide bonds. The fraction of sp³-hybridized carbons (Fsp3) is 0.300. The number of thiazole rings is 1. The van der Waals surface area contributed by atoms with Gasteiger partial charge in [0.25, 0.3) is 5.91 Å². The third kappa shape index (κ3) is 3.78. The van der Waals surface area contributed by atoms with E-state index in [4.69, 9.17) is 10.8 Å². The van der Waals surface area contributed by atoms with E-state index in [-0.39, 0.29) is 18.0 Å². The summed E-state index contributed by atoms with van der Waals surface area (Å²) in [5, 5.41) is 12.5. The Balaban J connectivity index is 1.87. The van der Waals surface area contributed by atoms with Crippen LogP contribution in [0.5, 0.6) is 0 Å². The van der Waals surface area contributed by atoms with Gasteiger partial charge < -0.3 is 16.2 Å². The number of aliphatic carboxylic acids is 1. The standard InChI is InChI=1S/C10H10N4O4S2/c11-9-14-8(18)5(20-9)2-6(15)13-10-12-4(3-19-10)1-7(16)17/h3,5H,1-2H2,(H,16,17)(H2,11,14,18)(H,12,13,15). The van der Waals surface area contributed by atoms with Crippen LogP contribution in [0, 0.1) is 0 Å². The zero-order chi connectivity index (χ0) is 14.7. The highest BCUT2D eigenvalue weighted by Crippen LogP contribution is 2.23. The molecule has 1 unspecified atom stereocenters. The van der Waals surface area contributed by atoms with Crippen molar-refractivity contribution >= 4 is 51.2 Å². The normalized spacial score (nSPS) is 17.9. The molecule has 1 atom stereocenters. The minimum absolute atomic E-state index is 0.0540. The minimum Gasteiger partial charge on any atom is -0.481 e. The van der Waals surface area contributed by atoms with Gasteiger partial charge in [-0.1, -0.05) is 11.8 Å². The second-order valence-corrected chi connectivity index (χ2v) is 5.94. The molecule has 1 aromatic heterocycles. The molecular formula is C10H10N4O4S2. The zero-order valence-electron chi connectivity index (χ0n) is 10.0. The van der Waals surface area contributed by atoms with Crippen LogP contribution in [0.2, 0.25) is 0 Å². The lowest BCUT2D eigenvalue weighted by Gasteiger charge is -2.05. The molecule has 0 bridgehead atoms. The number of anilines is 1. The van der Waals surface area contributed by atoms with Gasteiger partial charge in [0.1, 0.15) is 5.25 Å². The van der Waals surface area contributed by atoms with E-state index in [1.807, 2.05) is 0 Å². The van der Waals surface area contributed by atoms with E-state index in [1.54, 1.807) is 5.38 Å². The SMILES string of the molecule is NC1=NC(=O)C(CC(=O)Nc2nc(CC(=O)O)cs2)S1. The van der Waals surface area contributed by atoms with Gasteiger partial charge in [-0.05, 0) is 0 Å². The molecule has 1 aromatic rings. The number of carbonyl (C=O) groups is 3. The summed E-state index contributed by atoms with van der Waals surface area (Å²) in [4.78, 5) is 41.1. The van der Waals surface area contributed by atoms with Crippen LogP contribution in [0.1, 0.15) is 12.1 Å². The Labute approximate surface area is 121 Å². The quantitative estimate of drug-likeness (QED) is 0.699. The number of hydrogen-bond acceptors (Lipinski definition) is 7. The van der Waals surface area contributed by atoms with Gasteiger partial charge in [-0.3, -0.25) is 14.4 Å². The number of hydrogen-bond donors (Lipinski definition) is 3. The third-order valence-corrected chi connectivity index (χ3v) is 4.05. The topological polar surface area (TPSA) is 135 Å². The van der Waals surface area contributed by atoms with E-state index >= 15 is 0 Å². The number of carboxylic acid groups (broad SMARTS) is 1. The van der Waals surface area contributed by atoms with Gasteiger partial charge in [0.15, 0.2) is 10.3 Å². The summed E-state index contributed by atoms with van der Waals surface area (Å²) in [5.74, 6) is -1.81. The van der Waals surface area contributed by atoms with Crippen molar-refractivity contribution in [2.24, 2.45) is 10.7 Å². The smallest absolute Gasteiger partial charge is 0.309 e. The van der Waals surface area contributed by atoms with Crippen LogP contribution in [0.4, 0.5) is 5.13 Å². The molecule has 0 saturated carbocycles. The summed E-state index contributed by atoms with van der Waals surface area (Å²) in [6.07, 6.45) is -0.255. The van der Waals surface area contributed by atoms with Crippen molar-refractivity contribution in [1.29, 1.82) is 0 Å². The van der Waals surface area contributed by atoms with Crippen LogP contribution < -0.4 is 11.1 Å². The van der Waals surface area contributed by atoms with E-state index < -0.39 is 23.0 Å². The first-order valence-corrected chi connectivity index (χ1v) is 7.20. The lowest BCUT2D eigenvalue weighted by atomic mass is 10.3. The highest BCUT2D eigenvalue weighted by Gasteiger charge is 2.29. The van der Waals surface area contributed by atoms with Crippen molar-refractivity contribution in [3.63, 3.8) is 0 Å². The summed E-state index contributed by atoms with van der Waals surface area (Å²) in [5.41, 5.74) is 5.76. The molecule has 0 spiro atoms. The van der Waals surface area contributed by atoms with Gasteiger partial charge in [0, 0.05) is 11.8 Å². The minimum atomic E-state index is -0.992. The molecule has 0 saturated heterocycles. The number of nitrogens with two attached hydrogens (primary N) is 1. The van der Waals surface area contributed by atoms with E-state index in [1.165, 1.54) is 0 Å². The third-order valence-electron chi connectivity index (χ3n) is 2.26. The molecule has 1 aliphatic heterocycles. The molecule has 8 nitrogen and oxygen atoms in total. The number of thioether (sulfide) groups is 1. The maximum absolute atomic E-state index is 11.7. The number of nitrogens with one attached hydrogen (secondary N) is 1. The number of carboxylic acids is 1. The lowest BCUT2D eigenvalue weighted by Crippen LogP contribution is -2.21. The van der Waals surface area contributed by atoms with Gasteiger partial charge >= 0.3 is 5.97 Å². The summed E-state index contributed by atoms with van der Waals surface area (Å²) in [7, 11) is 0. The summed E-state index contributed by atoms with van der Waals surface area (Å²) < 4.78 is 0. The number of aliphatic imine (C=N–C) groups is 1. The second-order valence-electron chi connectivity index (χ2n) is 3.86. The Morgan fingerprint density at radius 3 is 2.85 bits per heavy atom. The molecule has 1 aliphatic rings. The highest BCUT2D eigenvalue weighted by molar-refractivity contribution is 8.15. The summed E-state index contributed by atoms with van der Waals surface area (Å²) in [6.45, 7) is 0. The highest BCUT2D eigenvalue weighted by atomic mass is 32.2. The van der Waals surface area contributed by atoms with Gasteiger partial charge in [-0.15, -0.1) is 11.3 Å². The number of amidine groups is 1. The van der Waals surface area contributed by atoms with E-state index in [2.05, 4.69) is 15.3 Å². The van der Waals surface area contributed by atoms with Gasteiger partial charge in [-0.2, -0.15) is 4.99 Å². The first-order valence-electron chi connectivity index (χ1n) is 5.44. The Morgan fingerprint density at radius 1 is 1.50 bits per heavy atom. The fourth-order valence-corrected chi connectivity index (χ4v) is 3.02. The maximum Gasteiger partial charge on any atom is 0.309 e. The number of amides is 2. The van der Waals surface area contributed by atoms with Crippen molar-refractivity contribution in [1.82, 2.24) is 4.98 Å². The van der Waals surface area contributed by atoms with Crippen LogP contribution >= 0.6 is 23.1 Å². The molecule has 0 fully saturated rings. The number of carbonyl (C=O) groups excluding carboxylic acids is 2. The number of nitrogens with zero attached hydrogens (tertiary/aromatic N) is 2. The largest absolute Gasteiger partial charge is 0.481 e. The summed E-state index contributed by atoms with van der Waals surface area (Å²) in [6, 6.07) is 0. The molecule has 0 aromatic carbocycles. The molecule has 106 valence electrons. The van der Waals surface area contributed by atoms with Crippen molar-refractivity contribution in [3.05, 3.63) is 11.1 Å². The average Bonchev–Trinajstić information content (AvgIpc) is 2.85. The van der Waals surface area contributed by atoms with Gasteiger partial charge in [0.2, 0.25) is 5.91 Å². The molecule has 2 rings (SSSR count). The van der Waals surface area contributed by atoms with Crippen molar-refractivity contribution in [2.75, 3.05) is 5.32 Å². The number of aromatic nitrogens is 1. The number of rotatable bonds is 5. The zero-order valence-corrected chi connectivity index (χ0v) is 11.7. The van der Waals surface area contributed by atoms with Gasteiger partial charge in [0.05, 0.1) is 12.1 Å². The van der Waals surface area contributed by atoms with Crippen LogP contribution in [0.3, 0.4) is 0 Å². The molecule has 2 heterocycles. The molecule has 20 heavy (non-hydrogen) atoms.